The summed E-state index contributed by atoms with van der Waals surface area (Å²) < 4.78 is 6.30. The van der Waals surface area contributed by atoms with Crippen LogP contribution in [0.5, 0.6) is 0 Å². The molecule has 2 aliphatic rings. The zero-order chi connectivity index (χ0) is 28.2. The van der Waals surface area contributed by atoms with Gasteiger partial charge in [0.05, 0.1) is 0 Å². The van der Waals surface area contributed by atoms with Crippen LogP contribution in [0.2, 0.25) is 0 Å². The van der Waals surface area contributed by atoms with Crippen LogP contribution in [0.15, 0.2) is 51.8 Å². The lowest BCUT2D eigenvalue weighted by atomic mass is 9.89. The van der Waals surface area contributed by atoms with Crippen LogP contribution in [0.1, 0.15) is 83.1 Å². The fourth-order valence-corrected chi connectivity index (χ4v) is 5.79. The Bertz CT molecular complexity index is 1140. The smallest absolute Gasteiger partial charge is 0.407 e. The minimum absolute atomic E-state index is 0.106. The van der Waals surface area contributed by atoms with Crippen LogP contribution in [-0.4, -0.2) is 42.8 Å². The van der Waals surface area contributed by atoms with Gasteiger partial charge in [-0.3, -0.25) is 4.79 Å². The molecule has 1 saturated carbocycles. The largest absolute Gasteiger partial charge is 0.444 e. The number of allylic oxidation sites excluding steroid dienone is 3. The number of benzene rings is 1. The fourth-order valence-electron chi connectivity index (χ4n) is 5.34. The van der Waals surface area contributed by atoms with E-state index >= 15 is 0 Å². The molecule has 38 heavy (non-hydrogen) atoms. The van der Waals surface area contributed by atoms with Crippen molar-refractivity contribution in [2.24, 2.45) is 0 Å². The molecule has 0 bridgehead atoms. The third kappa shape index (κ3) is 7.65. The number of hydrogen-bond donors (Lipinski definition) is 3. The highest BCUT2D eigenvalue weighted by atomic mass is 79.9. The standard InChI is InChI=1S/C30H43BrN4O3/c1-9-35(24-12-10-23(11-13-24)34-29(37)38-30(6,7)8)27-16-22(31)15-25(20(27)4)28(36)32-17-26-18(2)14-19(3)33-21(26)5/h14-16,23-24,33H,5,9-13,17H2,1-4,6-8H3,(H,32,36)(H,34,37). The van der Waals surface area contributed by atoms with E-state index in [-0.39, 0.29) is 18.0 Å². The zero-order valence-electron chi connectivity index (χ0n) is 23.9. The van der Waals surface area contributed by atoms with E-state index in [1.54, 1.807) is 0 Å². The first kappa shape index (κ1) is 29.8. The molecule has 0 saturated heterocycles. The normalized spacial score (nSPS) is 19.9. The van der Waals surface area contributed by atoms with Crippen molar-refractivity contribution in [2.45, 2.75) is 91.8 Å². The second-order valence-corrected chi connectivity index (χ2v) is 12.2. The van der Waals surface area contributed by atoms with Gasteiger partial charge in [0.15, 0.2) is 0 Å². The maximum atomic E-state index is 13.3. The van der Waals surface area contributed by atoms with E-state index in [1.165, 1.54) is 0 Å². The third-order valence-electron chi connectivity index (χ3n) is 7.15. The molecule has 8 heteroatoms. The van der Waals surface area contributed by atoms with Gasteiger partial charge in [-0.1, -0.05) is 22.5 Å². The van der Waals surface area contributed by atoms with Crippen LogP contribution in [0, 0.1) is 6.92 Å². The Kier molecular flexibility index (Phi) is 9.74. The summed E-state index contributed by atoms with van der Waals surface area (Å²) in [5, 5.41) is 9.37. The van der Waals surface area contributed by atoms with Crippen molar-refractivity contribution in [2.75, 3.05) is 18.0 Å². The quantitative estimate of drug-likeness (QED) is 0.340. The molecule has 0 unspecified atom stereocenters. The van der Waals surface area contributed by atoms with Crippen molar-refractivity contribution in [1.29, 1.82) is 0 Å². The minimum Gasteiger partial charge on any atom is -0.444 e. The van der Waals surface area contributed by atoms with Crippen LogP contribution < -0.4 is 20.9 Å². The number of dihydropyridines is 1. The monoisotopic (exact) mass is 586 g/mol. The molecule has 0 radical (unpaired) electrons. The number of nitrogens with zero attached hydrogens (tertiary/aromatic N) is 1. The van der Waals surface area contributed by atoms with Gasteiger partial charge in [-0.25, -0.2) is 4.79 Å². The molecule has 0 spiro atoms. The maximum absolute atomic E-state index is 13.3. The van der Waals surface area contributed by atoms with E-state index in [4.69, 9.17) is 4.74 Å². The Hall–Kier alpha value is -2.74. The van der Waals surface area contributed by atoms with Gasteiger partial charge in [0.2, 0.25) is 0 Å². The Balaban J connectivity index is 1.70. The number of anilines is 1. The molecule has 1 aromatic rings. The first-order chi connectivity index (χ1) is 17.8. The van der Waals surface area contributed by atoms with Crippen molar-refractivity contribution in [1.82, 2.24) is 16.0 Å². The number of carbonyl (C=O) groups is 2. The number of carbonyl (C=O) groups excluding carboxylic acids is 2. The van der Waals surface area contributed by atoms with E-state index in [0.717, 1.165) is 70.5 Å². The SMILES string of the molecule is C=C1NC(C)=CC(C)=C1CNC(=O)c1cc(Br)cc(N(CC)C2CCC(NC(=O)OC(C)(C)C)CC2)c1C. The molecule has 1 aliphatic carbocycles. The van der Waals surface area contributed by atoms with Crippen LogP contribution in [0.25, 0.3) is 0 Å². The van der Waals surface area contributed by atoms with Gasteiger partial charge in [0.1, 0.15) is 5.60 Å². The van der Waals surface area contributed by atoms with Crippen molar-refractivity contribution >= 4 is 33.6 Å². The predicted molar refractivity (Wildman–Crippen MR) is 158 cm³/mol. The summed E-state index contributed by atoms with van der Waals surface area (Å²) in [6, 6.07) is 4.45. The summed E-state index contributed by atoms with van der Waals surface area (Å²) in [6.45, 7) is 19.2. The van der Waals surface area contributed by atoms with E-state index in [9.17, 15) is 9.59 Å². The topological polar surface area (TPSA) is 82.7 Å². The van der Waals surface area contributed by atoms with Crippen molar-refractivity contribution in [3.63, 3.8) is 0 Å². The summed E-state index contributed by atoms with van der Waals surface area (Å²) in [4.78, 5) is 27.9. The van der Waals surface area contributed by atoms with Gasteiger partial charge in [0.25, 0.3) is 5.91 Å². The second kappa shape index (κ2) is 12.4. The van der Waals surface area contributed by atoms with E-state index in [0.29, 0.717) is 18.2 Å². The molecule has 1 fully saturated rings. The molecule has 0 atom stereocenters. The number of amides is 2. The lowest BCUT2D eigenvalue weighted by Gasteiger charge is -2.39. The molecule has 7 nitrogen and oxygen atoms in total. The number of rotatable bonds is 7. The minimum atomic E-state index is -0.504. The van der Waals surface area contributed by atoms with Crippen LogP contribution in [-0.2, 0) is 4.74 Å². The summed E-state index contributed by atoms with van der Waals surface area (Å²) in [6.07, 6.45) is 5.41. The molecule has 3 N–H and O–H groups in total. The average molecular weight is 588 g/mol. The maximum Gasteiger partial charge on any atom is 0.407 e. The second-order valence-electron chi connectivity index (χ2n) is 11.3. The highest BCUT2D eigenvalue weighted by Gasteiger charge is 2.29. The van der Waals surface area contributed by atoms with Crippen LogP contribution in [0.3, 0.4) is 0 Å². The highest BCUT2D eigenvalue weighted by molar-refractivity contribution is 9.10. The molecule has 3 rings (SSSR count). The Morgan fingerprint density at radius 3 is 2.39 bits per heavy atom. The molecule has 1 heterocycles. The van der Waals surface area contributed by atoms with Gasteiger partial charge in [-0.15, -0.1) is 0 Å². The van der Waals surface area contributed by atoms with Gasteiger partial charge in [-0.05, 0) is 109 Å². The number of halogens is 1. The van der Waals surface area contributed by atoms with Crippen molar-refractivity contribution in [3.8, 4) is 0 Å². The number of nitrogens with one attached hydrogen (secondary N) is 3. The molecular formula is C30H43BrN4O3. The van der Waals surface area contributed by atoms with Gasteiger partial charge < -0.3 is 25.6 Å². The van der Waals surface area contributed by atoms with Crippen molar-refractivity contribution < 1.29 is 14.3 Å². The summed E-state index contributed by atoms with van der Waals surface area (Å²) >= 11 is 3.64. The molecule has 2 amide bonds. The lowest BCUT2D eigenvalue weighted by molar-refractivity contribution is 0.0491. The Labute approximate surface area is 236 Å². The Morgan fingerprint density at radius 1 is 1.16 bits per heavy atom. The molecule has 1 aliphatic heterocycles. The predicted octanol–water partition coefficient (Wildman–Crippen LogP) is 6.49. The first-order valence-electron chi connectivity index (χ1n) is 13.5. The Morgan fingerprint density at radius 2 is 1.82 bits per heavy atom. The fraction of sp³-hybridized carbons (Fsp3) is 0.533. The zero-order valence-corrected chi connectivity index (χ0v) is 25.5. The van der Waals surface area contributed by atoms with E-state index in [1.807, 2.05) is 47.6 Å². The molecule has 208 valence electrons. The van der Waals surface area contributed by atoms with E-state index < -0.39 is 5.60 Å². The highest BCUT2D eigenvalue weighted by Crippen LogP contribution is 2.34. The van der Waals surface area contributed by atoms with Crippen LogP contribution >= 0.6 is 15.9 Å². The summed E-state index contributed by atoms with van der Waals surface area (Å²) in [7, 11) is 0. The molecular weight excluding hydrogens is 544 g/mol. The molecule has 1 aromatic carbocycles. The van der Waals surface area contributed by atoms with Gasteiger partial charge in [0, 0.05) is 52.3 Å². The van der Waals surface area contributed by atoms with Gasteiger partial charge >= 0.3 is 6.09 Å². The summed E-state index contributed by atoms with van der Waals surface area (Å²) in [5.74, 6) is -0.106. The average Bonchev–Trinajstić information content (AvgIpc) is 2.80. The van der Waals surface area contributed by atoms with Crippen LogP contribution in [0.4, 0.5) is 10.5 Å². The van der Waals surface area contributed by atoms with Gasteiger partial charge in [-0.2, -0.15) is 0 Å². The molecule has 0 aromatic heterocycles. The number of ether oxygens (including phenoxy) is 1. The lowest BCUT2D eigenvalue weighted by Crippen LogP contribution is -2.45. The first-order valence-corrected chi connectivity index (χ1v) is 14.3. The summed E-state index contributed by atoms with van der Waals surface area (Å²) in [5.41, 5.74) is 6.16. The van der Waals surface area contributed by atoms with E-state index in [2.05, 4.69) is 62.4 Å². The third-order valence-corrected chi connectivity index (χ3v) is 7.60. The van der Waals surface area contributed by atoms with Crippen molar-refractivity contribution in [3.05, 3.63) is 62.9 Å². The number of alkyl carbamates (subject to hydrolysis) is 1. The number of hydrogen-bond acceptors (Lipinski definition) is 5.